The molecule has 6 heteroatoms. The summed E-state index contributed by atoms with van der Waals surface area (Å²) in [6.45, 7) is 2.56. The summed E-state index contributed by atoms with van der Waals surface area (Å²) in [6.07, 6.45) is 2.44. The van der Waals surface area contributed by atoms with Gasteiger partial charge in [-0.3, -0.25) is 9.78 Å². The maximum absolute atomic E-state index is 11.8. The Morgan fingerprint density at radius 1 is 1.16 bits per heavy atom. The van der Waals surface area contributed by atoms with Gasteiger partial charge in [-0.25, -0.2) is 4.98 Å². The molecular formula is C19H19N3O2S. The fourth-order valence-electron chi connectivity index (χ4n) is 2.20. The van der Waals surface area contributed by atoms with E-state index in [1.165, 1.54) is 0 Å². The number of thiazole rings is 1. The summed E-state index contributed by atoms with van der Waals surface area (Å²) in [6, 6.07) is 13.4. The van der Waals surface area contributed by atoms with Crippen molar-refractivity contribution in [2.45, 2.75) is 13.3 Å². The van der Waals surface area contributed by atoms with Crippen molar-refractivity contribution >= 4 is 17.2 Å². The Balaban J connectivity index is 1.41. The molecule has 25 heavy (non-hydrogen) atoms. The van der Waals surface area contributed by atoms with E-state index >= 15 is 0 Å². The van der Waals surface area contributed by atoms with Gasteiger partial charge in [0.2, 0.25) is 0 Å². The highest BCUT2D eigenvalue weighted by Crippen LogP contribution is 2.19. The van der Waals surface area contributed by atoms with Crippen LogP contribution in [0.2, 0.25) is 0 Å². The lowest BCUT2D eigenvalue weighted by Gasteiger charge is -2.07. The summed E-state index contributed by atoms with van der Waals surface area (Å²) in [5.41, 5.74) is 2.89. The molecule has 0 fully saturated rings. The van der Waals surface area contributed by atoms with Crippen LogP contribution in [0.1, 0.15) is 10.6 Å². The number of pyridine rings is 1. The molecule has 0 aliphatic carbocycles. The predicted molar refractivity (Wildman–Crippen MR) is 98.7 cm³/mol. The molecule has 2 aromatic heterocycles. The molecule has 1 N–H and O–H groups in total. The second-order valence-electron chi connectivity index (χ2n) is 5.54. The summed E-state index contributed by atoms with van der Waals surface area (Å²) in [5, 5.41) is 5.81. The van der Waals surface area contributed by atoms with Gasteiger partial charge in [-0.1, -0.05) is 23.8 Å². The first-order valence-electron chi connectivity index (χ1n) is 8.03. The molecule has 0 atom stereocenters. The van der Waals surface area contributed by atoms with Gasteiger partial charge in [-0.05, 0) is 31.2 Å². The van der Waals surface area contributed by atoms with Gasteiger partial charge in [0.1, 0.15) is 5.75 Å². The second kappa shape index (κ2) is 8.39. The van der Waals surface area contributed by atoms with Crippen LogP contribution >= 0.6 is 11.3 Å². The summed E-state index contributed by atoms with van der Waals surface area (Å²) in [5.74, 6) is 0.558. The molecule has 0 radical (unpaired) electrons. The van der Waals surface area contributed by atoms with Crippen LogP contribution in [-0.2, 0) is 11.2 Å². The molecular weight excluding hydrogens is 334 g/mol. The molecule has 0 unspecified atom stereocenters. The van der Waals surface area contributed by atoms with Crippen molar-refractivity contribution in [3.63, 3.8) is 0 Å². The number of ether oxygens (including phenoxy) is 1. The smallest absolute Gasteiger partial charge is 0.257 e. The highest BCUT2D eigenvalue weighted by atomic mass is 32.1. The molecule has 0 aliphatic rings. The van der Waals surface area contributed by atoms with Gasteiger partial charge in [0, 0.05) is 24.5 Å². The molecule has 0 aliphatic heterocycles. The van der Waals surface area contributed by atoms with Gasteiger partial charge in [-0.15, -0.1) is 11.3 Å². The number of aryl methyl sites for hydroxylation is 1. The van der Waals surface area contributed by atoms with Crippen molar-refractivity contribution < 1.29 is 9.53 Å². The number of carbonyl (C=O) groups is 1. The van der Waals surface area contributed by atoms with Crippen LogP contribution in [0, 0.1) is 6.92 Å². The van der Waals surface area contributed by atoms with Gasteiger partial charge in [0.15, 0.2) is 6.61 Å². The molecule has 0 saturated heterocycles. The molecule has 3 aromatic rings. The second-order valence-corrected chi connectivity index (χ2v) is 6.49. The maximum atomic E-state index is 11.8. The molecule has 0 saturated carbocycles. The molecule has 1 amide bonds. The van der Waals surface area contributed by atoms with Crippen molar-refractivity contribution in [3.8, 4) is 17.1 Å². The first kappa shape index (κ1) is 17.1. The Labute approximate surface area is 150 Å². The van der Waals surface area contributed by atoms with Crippen molar-refractivity contribution in [3.05, 3.63) is 64.6 Å². The van der Waals surface area contributed by atoms with Crippen LogP contribution in [0.15, 0.2) is 54.0 Å². The number of nitrogens with one attached hydrogen (secondary N) is 1. The average molecular weight is 353 g/mol. The van der Waals surface area contributed by atoms with E-state index in [4.69, 9.17) is 4.74 Å². The summed E-state index contributed by atoms with van der Waals surface area (Å²) in [4.78, 5) is 20.7. The topological polar surface area (TPSA) is 64.1 Å². The third kappa shape index (κ3) is 5.12. The predicted octanol–water partition coefficient (Wildman–Crippen LogP) is 3.25. The Bertz CT molecular complexity index is 816. The zero-order valence-corrected chi connectivity index (χ0v) is 14.8. The van der Waals surface area contributed by atoms with E-state index in [9.17, 15) is 4.79 Å². The number of carbonyl (C=O) groups excluding carboxylic acids is 1. The molecule has 0 spiro atoms. The number of amides is 1. The highest BCUT2D eigenvalue weighted by Gasteiger charge is 2.07. The molecule has 0 bridgehead atoms. The van der Waals surface area contributed by atoms with E-state index < -0.39 is 0 Å². The third-order valence-corrected chi connectivity index (χ3v) is 4.44. The lowest BCUT2D eigenvalue weighted by atomic mass is 10.2. The third-order valence-electron chi connectivity index (χ3n) is 3.53. The first-order chi connectivity index (χ1) is 12.2. The van der Waals surface area contributed by atoms with Crippen LogP contribution in [0.3, 0.4) is 0 Å². The molecule has 3 rings (SSSR count). The molecule has 128 valence electrons. The maximum Gasteiger partial charge on any atom is 0.257 e. The lowest BCUT2D eigenvalue weighted by Crippen LogP contribution is -2.30. The quantitative estimate of drug-likeness (QED) is 0.708. The van der Waals surface area contributed by atoms with Crippen molar-refractivity contribution in [2.24, 2.45) is 0 Å². The average Bonchev–Trinajstić information content (AvgIpc) is 3.11. The van der Waals surface area contributed by atoms with Crippen LogP contribution in [0.5, 0.6) is 5.75 Å². The minimum absolute atomic E-state index is 0.0140. The summed E-state index contributed by atoms with van der Waals surface area (Å²) in [7, 11) is 0. The Hall–Kier alpha value is -2.73. The van der Waals surface area contributed by atoms with Crippen LogP contribution in [0.25, 0.3) is 11.4 Å². The first-order valence-corrected chi connectivity index (χ1v) is 8.90. The van der Waals surface area contributed by atoms with E-state index in [0.29, 0.717) is 18.7 Å². The largest absolute Gasteiger partial charge is 0.484 e. The number of rotatable bonds is 7. The molecule has 2 heterocycles. The van der Waals surface area contributed by atoms with E-state index in [2.05, 4.69) is 15.3 Å². The summed E-state index contributed by atoms with van der Waals surface area (Å²) < 4.78 is 5.45. The Kier molecular flexibility index (Phi) is 5.74. The van der Waals surface area contributed by atoms with Gasteiger partial charge in [-0.2, -0.15) is 0 Å². The summed E-state index contributed by atoms with van der Waals surface area (Å²) >= 11 is 1.57. The molecule has 1 aromatic carbocycles. The Morgan fingerprint density at radius 2 is 2.00 bits per heavy atom. The van der Waals surface area contributed by atoms with E-state index in [1.54, 1.807) is 17.5 Å². The van der Waals surface area contributed by atoms with Gasteiger partial charge < -0.3 is 10.1 Å². The van der Waals surface area contributed by atoms with E-state index in [1.807, 2.05) is 54.8 Å². The number of hydrogen-bond acceptors (Lipinski definition) is 5. The number of hydrogen-bond donors (Lipinski definition) is 1. The van der Waals surface area contributed by atoms with Crippen LogP contribution in [0.4, 0.5) is 0 Å². The molecule has 5 nitrogen and oxygen atoms in total. The SMILES string of the molecule is Cc1ccc(OCC(=O)NCCc2nc(-c3ccccn3)cs2)cc1. The number of nitrogens with zero attached hydrogens (tertiary/aromatic N) is 2. The normalized spacial score (nSPS) is 10.4. The van der Waals surface area contributed by atoms with Crippen molar-refractivity contribution in [1.29, 1.82) is 0 Å². The van der Waals surface area contributed by atoms with Gasteiger partial charge in [0.25, 0.3) is 5.91 Å². The van der Waals surface area contributed by atoms with Crippen molar-refractivity contribution in [2.75, 3.05) is 13.2 Å². The highest BCUT2D eigenvalue weighted by molar-refractivity contribution is 7.09. The fraction of sp³-hybridized carbons (Fsp3) is 0.211. The van der Waals surface area contributed by atoms with E-state index in [-0.39, 0.29) is 12.5 Å². The number of benzene rings is 1. The fourth-order valence-corrected chi connectivity index (χ4v) is 2.99. The lowest BCUT2D eigenvalue weighted by molar-refractivity contribution is -0.123. The standard InChI is InChI=1S/C19H19N3O2S/c1-14-5-7-15(8-6-14)24-12-18(23)21-11-9-19-22-17(13-25-19)16-4-2-3-10-20-16/h2-8,10,13H,9,11-12H2,1H3,(H,21,23). The Morgan fingerprint density at radius 3 is 2.76 bits per heavy atom. The monoisotopic (exact) mass is 353 g/mol. The van der Waals surface area contributed by atoms with Gasteiger partial charge >= 0.3 is 0 Å². The van der Waals surface area contributed by atoms with Crippen LogP contribution in [-0.4, -0.2) is 29.0 Å². The minimum Gasteiger partial charge on any atom is -0.484 e. The minimum atomic E-state index is -0.137. The van der Waals surface area contributed by atoms with Crippen LogP contribution < -0.4 is 10.1 Å². The van der Waals surface area contributed by atoms with E-state index in [0.717, 1.165) is 22.0 Å². The zero-order chi connectivity index (χ0) is 17.5. The number of aromatic nitrogens is 2. The zero-order valence-electron chi connectivity index (χ0n) is 13.9. The van der Waals surface area contributed by atoms with Crippen molar-refractivity contribution in [1.82, 2.24) is 15.3 Å². The van der Waals surface area contributed by atoms with Gasteiger partial charge in [0.05, 0.1) is 16.4 Å².